The Morgan fingerprint density at radius 2 is 1.13 bits per heavy atom. The van der Waals surface area contributed by atoms with Crippen LogP contribution in [-0.4, -0.2) is 15.0 Å². The number of carbonyl (C=O) groups excluding carboxylic acids is 1. The summed E-state index contributed by atoms with van der Waals surface area (Å²) < 4.78 is 0. The van der Waals surface area contributed by atoms with Gasteiger partial charge in [-0.1, -0.05) is 36.5 Å². The zero-order chi connectivity index (χ0) is 17.9. The number of nitrogens with one attached hydrogen (secondary N) is 1. The second kappa shape index (κ2) is 9.85. The Kier molecular flexibility index (Phi) is 8.96. The number of carbonyl (C=O) groups is 1. The molecule has 0 bridgehead atoms. The highest BCUT2D eigenvalue weighted by Crippen LogP contribution is 2.53. The summed E-state index contributed by atoms with van der Waals surface area (Å²) in [7, 11) is -2.11. The zero-order valence-corrected chi connectivity index (χ0v) is 15.3. The third-order valence-corrected chi connectivity index (χ3v) is 8.63. The predicted molar refractivity (Wildman–Crippen MR) is 105 cm³/mol. The minimum atomic E-state index is -2.11. The van der Waals surface area contributed by atoms with E-state index < -0.39 is 15.0 Å². The summed E-state index contributed by atoms with van der Waals surface area (Å²) in [6.07, 6.45) is 14.0. The van der Waals surface area contributed by atoms with Gasteiger partial charge in [0.15, 0.2) is 8.96 Å². The largest absolute Gasteiger partial charge is 0.366 e. The van der Waals surface area contributed by atoms with Gasteiger partial charge in [-0.3, -0.25) is 4.79 Å². The van der Waals surface area contributed by atoms with E-state index in [2.05, 4.69) is 44.5 Å². The number of primary amides is 1. The van der Waals surface area contributed by atoms with Crippen molar-refractivity contribution in [3.8, 4) is 0 Å². The molecule has 0 atom stereocenters. The maximum Gasteiger partial charge on any atom is 0.304 e. The van der Waals surface area contributed by atoms with Crippen LogP contribution in [0, 0.1) is 0 Å². The first-order chi connectivity index (χ1) is 10.9. The van der Waals surface area contributed by atoms with Crippen LogP contribution >= 0.6 is 0 Å². The van der Waals surface area contributed by atoms with Crippen molar-refractivity contribution in [2.45, 2.75) is 35.8 Å². The highest BCUT2D eigenvalue weighted by molar-refractivity contribution is 6.67. The quantitative estimate of drug-likeness (QED) is 0.378. The summed E-state index contributed by atoms with van der Waals surface area (Å²) in [4.78, 5) is 14.8. The zero-order valence-electron chi connectivity index (χ0n) is 14.1. The molecule has 0 saturated heterocycles. The smallest absolute Gasteiger partial charge is 0.304 e. The van der Waals surface area contributed by atoms with Crippen molar-refractivity contribution >= 4 is 15.0 Å². The van der Waals surface area contributed by atoms with Gasteiger partial charge in [-0.05, 0) is 25.7 Å². The molecule has 0 spiro atoms. The lowest BCUT2D eigenvalue weighted by atomic mass is 9.98. The van der Waals surface area contributed by atoms with Crippen LogP contribution in [-0.2, 0) is 0 Å². The van der Waals surface area contributed by atoms with Crippen LogP contribution in [0.1, 0.15) is 25.7 Å². The summed E-state index contributed by atoms with van der Waals surface area (Å²) in [6.45, 7) is 23.5. The van der Waals surface area contributed by atoms with E-state index in [1.165, 1.54) is 0 Å². The molecule has 3 N–H and O–H groups in total. The highest BCUT2D eigenvalue weighted by Gasteiger charge is 2.48. The average Bonchev–Trinajstić information content (AvgIpc) is 2.52. The maximum absolute atomic E-state index is 11.7. The topological polar surface area (TPSA) is 55.1 Å². The molecule has 0 saturated carbocycles. The predicted octanol–water partition coefficient (Wildman–Crippen LogP) is 4.54. The van der Waals surface area contributed by atoms with Crippen LogP contribution in [0.4, 0.5) is 4.79 Å². The van der Waals surface area contributed by atoms with Crippen LogP contribution in [0.25, 0.3) is 0 Å². The molecule has 0 unspecified atom stereocenters. The second-order valence-electron chi connectivity index (χ2n) is 5.79. The number of hydrogen-bond donors (Lipinski definition) is 2. The average molecular weight is 331 g/mol. The van der Waals surface area contributed by atoms with Crippen molar-refractivity contribution < 1.29 is 4.79 Å². The molecule has 0 heterocycles. The lowest BCUT2D eigenvalue weighted by Crippen LogP contribution is -2.56. The molecular formula is C19H30N2OSi. The van der Waals surface area contributed by atoms with Gasteiger partial charge in [-0.2, -0.15) is 0 Å². The minimum Gasteiger partial charge on any atom is -0.366 e. The molecule has 0 aliphatic rings. The standard InChI is InChI=1S/C19H30N2OSi/c1-7-13-18(11-5,14-8-2)23(21-17(20)22)19(12-6,15-9-3)16-10-4/h7-12,23H,1-6,13-16H2,(H3,20,21,22). The Bertz CT molecular complexity index is 426. The Labute approximate surface area is 142 Å². The summed E-state index contributed by atoms with van der Waals surface area (Å²) in [5, 5.41) is -0.669. The summed E-state index contributed by atoms with van der Waals surface area (Å²) >= 11 is 0. The van der Waals surface area contributed by atoms with Crippen LogP contribution < -0.4 is 10.7 Å². The molecule has 3 nitrogen and oxygen atoms in total. The van der Waals surface area contributed by atoms with E-state index in [0.29, 0.717) is 25.7 Å². The first-order valence-corrected chi connectivity index (χ1v) is 9.41. The van der Waals surface area contributed by atoms with Crippen molar-refractivity contribution in [1.82, 2.24) is 4.98 Å². The number of allylic oxidation sites excluding steroid dienone is 6. The van der Waals surface area contributed by atoms with Crippen LogP contribution in [0.5, 0.6) is 0 Å². The molecule has 0 aliphatic carbocycles. The minimum absolute atomic E-state index is 0.335. The van der Waals surface area contributed by atoms with Crippen molar-refractivity contribution in [2.75, 3.05) is 0 Å². The number of amides is 2. The molecule has 126 valence electrons. The lowest BCUT2D eigenvalue weighted by Gasteiger charge is -2.46. The summed E-state index contributed by atoms with van der Waals surface area (Å²) in [6, 6.07) is -0.527. The lowest BCUT2D eigenvalue weighted by molar-refractivity contribution is 0.252. The molecule has 0 aliphatic heterocycles. The third kappa shape index (κ3) is 4.96. The van der Waals surface area contributed by atoms with E-state index in [-0.39, 0.29) is 10.1 Å². The fourth-order valence-electron chi connectivity index (χ4n) is 3.28. The van der Waals surface area contributed by atoms with E-state index in [1.54, 1.807) is 0 Å². The molecule has 0 radical (unpaired) electrons. The van der Waals surface area contributed by atoms with Crippen molar-refractivity contribution in [2.24, 2.45) is 5.73 Å². The van der Waals surface area contributed by atoms with Gasteiger partial charge in [0.05, 0.1) is 0 Å². The number of hydrogen-bond acceptors (Lipinski definition) is 1. The molecule has 4 heteroatoms. The van der Waals surface area contributed by atoms with Gasteiger partial charge in [0.2, 0.25) is 0 Å². The van der Waals surface area contributed by atoms with E-state index in [4.69, 9.17) is 5.73 Å². The highest BCUT2D eigenvalue weighted by atomic mass is 28.3. The van der Waals surface area contributed by atoms with Gasteiger partial charge >= 0.3 is 6.03 Å². The van der Waals surface area contributed by atoms with E-state index in [9.17, 15) is 4.79 Å². The fraction of sp³-hybridized carbons (Fsp3) is 0.316. The van der Waals surface area contributed by atoms with Crippen molar-refractivity contribution in [3.63, 3.8) is 0 Å². The first-order valence-electron chi connectivity index (χ1n) is 7.68. The van der Waals surface area contributed by atoms with Gasteiger partial charge in [-0.25, -0.2) is 0 Å². The fourth-order valence-corrected chi connectivity index (χ4v) is 7.37. The summed E-state index contributed by atoms with van der Waals surface area (Å²) in [5.41, 5.74) is 5.49. The normalized spacial score (nSPS) is 11.3. The molecule has 0 fully saturated rings. The first kappa shape index (κ1) is 20.9. The SMILES string of the molecule is C=CCC(C=C)(CC=C)[SiH](NC(N)=O)C(C=C)(CC=C)CC=C. The number of urea groups is 1. The van der Waals surface area contributed by atoms with Gasteiger partial charge in [0, 0.05) is 10.1 Å². The summed E-state index contributed by atoms with van der Waals surface area (Å²) in [5.74, 6) is 0. The van der Waals surface area contributed by atoms with Gasteiger partial charge in [0.1, 0.15) is 0 Å². The van der Waals surface area contributed by atoms with Gasteiger partial charge in [-0.15, -0.1) is 39.5 Å². The van der Waals surface area contributed by atoms with Crippen LogP contribution in [0.3, 0.4) is 0 Å². The second-order valence-corrected chi connectivity index (χ2v) is 9.24. The molecule has 23 heavy (non-hydrogen) atoms. The Balaban J connectivity index is 6.35. The van der Waals surface area contributed by atoms with E-state index >= 15 is 0 Å². The van der Waals surface area contributed by atoms with Gasteiger partial charge in [0.25, 0.3) is 0 Å². The Morgan fingerprint density at radius 3 is 1.30 bits per heavy atom. The van der Waals surface area contributed by atoms with Crippen molar-refractivity contribution in [1.29, 1.82) is 0 Å². The van der Waals surface area contributed by atoms with Crippen LogP contribution in [0.15, 0.2) is 75.9 Å². The Morgan fingerprint density at radius 1 is 0.826 bits per heavy atom. The molecule has 0 aromatic heterocycles. The van der Waals surface area contributed by atoms with E-state index in [1.807, 2.05) is 36.5 Å². The molecule has 0 rings (SSSR count). The van der Waals surface area contributed by atoms with Crippen molar-refractivity contribution in [3.05, 3.63) is 75.9 Å². The number of nitrogens with two attached hydrogens (primary N) is 1. The maximum atomic E-state index is 11.7. The number of rotatable bonds is 13. The van der Waals surface area contributed by atoms with E-state index in [0.717, 1.165) is 0 Å². The van der Waals surface area contributed by atoms with Crippen LogP contribution in [0.2, 0.25) is 10.1 Å². The molecular weight excluding hydrogens is 300 g/mol. The van der Waals surface area contributed by atoms with Gasteiger partial charge < -0.3 is 10.7 Å². The monoisotopic (exact) mass is 330 g/mol. The molecule has 2 amide bonds. The molecule has 0 aromatic rings. The third-order valence-electron chi connectivity index (χ3n) is 4.35. The molecule has 0 aromatic carbocycles. The Hall–Kier alpha value is -2.07.